The van der Waals surface area contributed by atoms with Crippen LogP contribution >= 0.6 is 0 Å². The molecule has 2 heterocycles. The lowest BCUT2D eigenvalue weighted by Gasteiger charge is -2.07. The smallest absolute Gasteiger partial charge is 0.183 e. The molecule has 0 radical (unpaired) electrons. The quantitative estimate of drug-likeness (QED) is 0.864. The molecule has 1 fully saturated rings. The van der Waals surface area contributed by atoms with Gasteiger partial charge in [-0.3, -0.25) is 4.79 Å². The second-order valence-corrected chi connectivity index (χ2v) is 5.18. The minimum atomic E-state index is 0.0870. The monoisotopic (exact) mass is 267 g/mol. The third-order valence-corrected chi connectivity index (χ3v) is 3.68. The molecule has 102 valence electrons. The van der Waals surface area contributed by atoms with Crippen molar-refractivity contribution < 1.29 is 4.79 Å². The molecule has 20 heavy (non-hydrogen) atoms. The van der Waals surface area contributed by atoms with Crippen molar-refractivity contribution >= 4 is 5.78 Å². The van der Waals surface area contributed by atoms with Gasteiger partial charge in [-0.2, -0.15) is 5.10 Å². The maximum atomic E-state index is 12.3. The van der Waals surface area contributed by atoms with Crippen LogP contribution in [0, 0.1) is 5.92 Å². The summed E-state index contributed by atoms with van der Waals surface area (Å²) in [6, 6.07) is 11.8. The zero-order chi connectivity index (χ0) is 13.8. The van der Waals surface area contributed by atoms with Crippen LogP contribution in [0.3, 0.4) is 0 Å². The molecule has 0 bridgehead atoms. The van der Waals surface area contributed by atoms with E-state index in [-0.39, 0.29) is 5.78 Å². The molecule has 1 saturated heterocycles. The summed E-state index contributed by atoms with van der Waals surface area (Å²) < 4.78 is 0. The Morgan fingerprint density at radius 3 is 2.85 bits per heavy atom. The second kappa shape index (κ2) is 5.92. The van der Waals surface area contributed by atoms with E-state index >= 15 is 0 Å². The summed E-state index contributed by atoms with van der Waals surface area (Å²) in [5.74, 6) is 0.522. The molecule has 0 saturated carbocycles. The third-order valence-electron chi connectivity index (χ3n) is 3.68. The molecule has 1 aliphatic rings. The Labute approximate surface area is 118 Å². The minimum absolute atomic E-state index is 0.0870. The number of nitrogens with zero attached hydrogens (tertiary/aromatic N) is 2. The Morgan fingerprint density at radius 1 is 1.25 bits per heavy atom. The first-order chi connectivity index (χ1) is 9.83. The van der Waals surface area contributed by atoms with Crippen molar-refractivity contribution in [2.75, 3.05) is 13.1 Å². The highest BCUT2D eigenvalue weighted by Crippen LogP contribution is 2.20. The maximum Gasteiger partial charge on any atom is 0.183 e. The summed E-state index contributed by atoms with van der Waals surface area (Å²) in [6.07, 6.45) is 3.32. The van der Waals surface area contributed by atoms with E-state index < -0.39 is 0 Å². The van der Waals surface area contributed by atoms with E-state index in [1.54, 1.807) is 6.20 Å². The largest absolute Gasteiger partial charge is 0.316 e. The zero-order valence-electron chi connectivity index (χ0n) is 11.2. The zero-order valence-corrected chi connectivity index (χ0v) is 11.2. The first-order valence-corrected chi connectivity index (χ1v) is 6.95. The van der Waals surface area contributed by atoms with Gasteiger partial charge in [-0.15, -0.1) is 5.10 Å². The standard InChI is InChI=1S/C16H17N3O/c20-16(8-12-6-7-17-10-12)15-9-14(11-18-19-15)13-4-2-1-3-5-13/h1-5,9,11-12,17H,6-8,10H2/t12-/m0/s1. The summed E-state index contributed by atoms with van der Waals surface area (Å²) in [5, 5.41) is 11.2. The molecular weight excluding hydrogens is 250 g/mol. The number of hydrogen-bond donors (Lipinski definition) is 1. The van der Waals surface area contributed by atoms with E-state index in [1.807, 2.05) is 36.4 Å². The molecule has 1 atom stereocenters. The Kier molecular flexibility index (Phi) is 3.83. The van der Waals surface area contributed by atoms with Crippen molar-refractivity contribution in [3.05, 3.63) is 48.3 Å². The summed E-state index contributed by atoms with van der Waals surface area (Å²) in [7, 11) is 0. The summed E-state index contributed by atoms with van der Waals surface area (Å²) in [6.45, 7) is 1.94. The van der Waals surface area contributed by atoms with Crippen molar-refractivity contribution in [3.8, 4) is 11.1 Å². The number of rotatable bonds is 4. The molecular formula is C16H17N3O. The predicted molar refractivity (Wildman–Crippen MR) is 77.4 cm³/mol. The molecule has 0 unspecified atom stereocenters. The summed E-state index contributed by atoms with van der Waals surface area (Å²) in [5.41, 5.74) is 2.46. The van der Waals surface area contributed by atoms with Gasteiger partial charge in [-0.25, -0.2) is 0 Å². The van der Waals surface area contributed by atoms with Crippen LogP contribution in [-0.2, 0) is 0 Å². The van der Waals surface area contributed by atoms with Gasteiger partial charge in [0.25, 0.3) is 0 Å². The van der Waals surface area contributed by atoms with Crippen molar-refractivity contribution in [3.63, 3.8) is 0 Å². The maximum absolute atomic E-state index is 12.3. The topological polar surface area (TPSA) is 54.9 Å². The second-order valence-electron chi connectivity index (χ2n) is 5.18. The first kappa shape index (κ1) is 12.9. The van der Waals surface area contributed by atoms with Crippen LogP contribution in [0.4, 0.5) is 0 Å². The molecule has 0 spiro atoms. The first-order valence-electron chi connectivity index (χ1n) is 6.95. The molecule has 0 aliphatic carbocycles. The number of aromatic nitrogens is 2. The van der Waals surface area contributed by atoms with Crippen molar-refractivity contribution in [1.29, 1.82) is 0 Å². The molecule has 0 amide bonds. The van der Waals surface area contributed by atoms with Crippen molar-refractivity contribution in [2.24, 2.45) is 5.92 Å². The fraction of sp³-hybridized carbons (Fsp3) is 0.312. The molecule has 1 N–H and O–H groups in total. The van der Waals surface area contributed by atoms with Crippen molar-refractivity contribution in [1.82, 2.24) is 15.5 Å². The number of carbonyl (C=O) groups is 1. The van der Waals surface area contributed by atoms with Gasteiger partial charge in [0.2, 0.25) is 0 Å². The molecule has 1 aromatic carbocycles. The minimum Gasteiger partial charge on any atom is -0.316 e. The van der Waals surface area contributed by atoms with Crippen LogP contribution < -0.4 is 5.32 Å². The average molecular weight is 267 g/mol. The van der Waals surface area contributed by atoms with Gasteiger partial charge in [-0.05, 0) is 37.1 Å². The van der Waals surface area contributed by atoms with E-state index in [4.69, 9.17) is 0 Å². The van der Waals surface area contributed by atoms with E-state index in [0.717, 1.165) is 30.6 Å². The Bertz CT molecular complexity index is 592. The SMILES string of the molecule is O=C(C[C@@H]1CCNC1)c1cc(-c2ccccc2)cnn1. The van der Waals surface area contributed by atoms with E-state index in [2.05, 4.69) is 15.5 Å². The van der Waals surface area contributed by atoms with Crippen LogP contribution in [0.25, 0.3) is 11.1 Å². The molecule has 1 aromatic heterocycles. The van der Waals surface area contributed by atoms with E-state index in [9.17, 15) is 4.79 Å². The summed E-state index contributed by atoms with van der Waals surface area (Å²) >= 11 is 0. The van der Waals surface area contributed by atoms with Gasteiger partial charge >= 0.3 is 0 Å². The Morgan fingerprint density at radius 2 is 2.10 bits per heavy atom. The normalized spacial score (nSPS) is 18.1. The van der Waals surface area contributed by atoms with Crippen molar-refractivity contribution in [2.45, 2.75) is 12.8 Å². The highest BCUT2D eigenvalue weighted by Gasteiger charge is 2.20. The Hall–Kier alpha value is -2.07. The number of hydrogen-bond acceptors (Lipinski definition) is 4. The van der Waals surface area contributed by atoms with Gasteiger partial charge in [0, 0.05) is 12.0 Å². The fourth-order valence-corrected chi connectivity index (χ4v) is 2.55. The van der Waals surface area contributed by atoms with Gasteiger partial charge in [0.1, 0.15) is 5.69 Å². The van der Waals surface area contributed by atoms with Gasteiger partial charge in [-0.1, -0.05) is 30.3 Å². The van der Waals surface area contributed by atoms with Gasteiger partial charge in [0.05, 0.1) is 6.20 Å². The summed E-state index contributed by atoms with van der Waals surface area (Å²) in [4.78, 5) is 12.3. The van der Waals surface area contributed by atoms with Gasteiger partial charge in [0.15, 0.2) is 5.78 Å². The lowest BCUT2D eigenvalue weighted by molar-refractivity contribution is 0.0958. The van der Waals surface area contributed by atoms with E-state index in [1.165, 1.54) is 0 Å². The number of nitrogens with one attached hydrogen (secondary N) is 1. The van der Waals surface area contributed by atoms with Crippen LogP contribution in [0.5, 0.6) is 0 Å². The number of carbonyl (C=O) groups excluding carboxylic acids is 1. The molecule has 4 heteroatoms. The Balaban J connectivity index is 1.78. The van der Waals surface area contributed by atoms with E-state index in [0.29, 0.717) is 18.0 Å². The van der Waals surface area contributed by atoms with Crippen LogP contribution in [0.1, 0.15) is 23.3 Å². The number of benzene rings is 1. The predicted octanol–water partition coefficient (Wildman–Crippen LogP) is 2.33. The lowest BCUT2D eigenvalue weighted by Crippen LogP contribution is -2.14. The molecule has 1 aliphatic heterocycles. The number of Topliss-reactive ketones (excluding diaryl/α,β-unsaturated/α-hetero) is 1. The van der Waals surface area contributed by atoms with Crippen LogP contribution in [0.15, 0.2) is 42.6 Å². The molecule has 4 nitrogen and oxygen atoms in total. The fourth-order valence-electron chi connectivity index (χ4n) is 2.55. The average Bonchev–Trinajstić information content (AvgIpc) is 3.01. The van der Waals surface area contributed by atoms with Gasteiger partial charge < -0.3 is 5.32 Å². The lowest BCUT2D eigenvalue weighted by atomic mass is 9.99. The van der Waals surface area contributed by atoms with Crippen LogP contribution in [-0.4, -0.2) is 29.1 Å². The third kappa shape index (κ3) is 2.91. The van der Waals surface area contributed by atoms with Crippen LogP contribution in [0.2, 0.25) is 0 Å². The highest BCUT2D eigenvalue weighted by molar-refractivity contribution is 5.95. The molecule has 2 aromatic rings. The molecule has 3 rings (SSSR count). The number of ketones is 1. The highest BCUT2D eigenvalue weighted by atomic mass is 16.1.